The first-order chi connectivity index (χ1) is 22.2. The first-order valence-corrected chi connectivity index (χ1v) is 15.8. The van der Waals surface area contributed by atoms with Crippen molar-refractivity contribution in [3.05, 3.63) is 148 Å². The molecule has 0 amide bonds. The number of para-hydroxylation sites is 1. The third-order valence-electron chi connectivity index (χ3n) is 8.93. The van der Waals surface area contributed by atoms with E-state index in [4.69, 9.17) is 28.3 Å². The van der Waals surface area contributed by atoms with E-state index in [1.165, 1.54) is 0 Å². The molecule has 0 N–H and O–H groups in total. The minimum absolute atomic E-state index is 0.0751. The average molecular weight is 641 g/mol. The number of hydrogen-bond acceptors (Lipinski definition) is 3. The first kappa shape index (κ1) is 28.5. The van der Waals surface area contributed by atoms with E-state index in [9.17, 15) is 9.59 Å². The lowest BCUT2D eigenvalue weighted by molar-refractivity contribution is 0.0943. The monoisotopic (exact) mass is 639 g/mol. The molecular weight excluding hydrogens is 613 g/mol. The second-order valence-electron chi connectivity index (χ2n) is 12.4. The minimum Gasteiger partial charge on any atom is -0.299 e. The van der Waals surface area contributed by atoms with Crippen LogP contribution in [0, 0.1) is 0 Å². The fourth-order valence-electron chi connectivity index (χ4n) is 6.93. The predicted octanol–water partition coefficient (Wildman–Crippen LogP) is 10.0. The fraction of sp³-hybridized carbons (Fsp3) is 0.103. The molecule has 0 saturated carbocycles. The molecular formula is C39H27Cl2N3O2. The zero-order chi connectivity index (χ0) is 31.7. The van der Waals surface area contributed by atoms with Gasteiger partial charge in [0.25, 0.3) is 0 Å². The van der Waals surface area contributed by atoms with Crippen LogP contribution in [0.3, 0.4) is 0 Å². The summed E-state index contributed by atoms with van der Waals surface area (Å²) in [6.07, 6.45) is 2.34. The zero-order valence-electron chi connectivity index (χ0n) is 25.1. The topological polar surface area (TPSA) is 56.4 Å². The number of pyridine rings is 1. The highest BCUT2D eigenvalue weighted by atomic mass is 35.5. The van der Waals surface area contributed by atoms with Crippen LogP contribution in [0.4, 0.5) is 0 Å². The van der Waals surface area contributed by atoms with Gasteiger partial charge in [0.1, 0.15) is 11.3 Å². The van der Waals surface area contributed by atoms with E-state index in [-0.39, 0.29) is 18.0 Å². The van der Waals surface area contributed by atoms with Crippen LogP contribution >= 0.6 is 23.2 Å². The third kappa shape index (κ3) is 4.34. The zero-order valence-corrected chi connectivity index (χ0v) is 26.6. The Morgan fingerprint density at radius 3 is 2.04 bits per heavy atom. The summed E-state index contributed by atoms with van der Waals surface area (Å²) in [6, 6.07) is 34.3. The maximum absolute atomic E-state index is 14.8. The van der Waals surface area contributed by atoms with Crippen molar-refractivity contribution in [1.82, 2.24) is 14.2 Å². The number of carbonyl (C=O) groups is 2. The van der Waals surface area contributed by atoms with E-state index in [1.54, 1.807) is 24.3 Å². The van der Waals surface area contributed by atoms with Crippen LogP contribution in [0.1, 0.15) is 52.1 Å². The predicted molar refractivity (Wildman–Crippen MR) is 185 cm³/mol. The van der Waals surface area contributed by atoms with Gasteiger partial charge >= 0.3 is 0 Å². The average Bonchev–Trinajstić information content (AvgIpc) is 3.65. The molecule has 0 atom stereocenters. The van der Waals surface area contributed by atoms with Crippen molar-refractivity contribution in [3.8, 4) is 28.1 Å². The van der Waals surface area contributed by atoms with Crippen molar-refractivity contribution in [2.24, 2.45) is 0 Å². The van der Waals surface area contributed by atoms with Crippen molar-refractivity contribution in [2.45, 2.75) is 25.7 Å². The third-order valence-corrected chi connectivity index (χ3v) is 9.43. The summed E-state index contributed by atoms with van der Waals surface area (Å²) in [5, 5.41) is 7.00. The van der Waals surface area contributed by atoms with Gasteiger partial charge in [-0.2, -0.15) is 5.10 Å². The van der Waals surface area contributed by atoms with E-state index >= 15 is 0 Å². The quantitative estimate of drug-likeness (QED) is 0.176. The second-order valence-corrected chi connectivity index (χ2v) is 13.2. The van der Waals surface area contributed by atoms with E-state index < -0.39 is 5.41 Å². The SMILES string of the molecule is CC1(C)CC(=O)c2c(C(=O)c3ccc(Cl)cc3)c3c(-c4ccccc4)nn(-c4ccccc4)c3n3cc(-c4ccc(Cl)cc4)c1c23. The van der Waals surface area contributed by atoms with Gasteiger partial charge in [-0.3, -0.25) is 14.0 Å². The van der Waals surface area contributed by atoms with Crippen molar-refractivity contribution in [3.63, 3.8) is 0 Å². The van der Waals surface area contributed by atoms with Crippen molar-refractivity contribution < 1.29 is 9.59 Å². The lowest BCUT2D eigenvalue weighted by Gasteiger charge is -2.31. The van der Waals surface area contributed by atoms with Gasteiger partial charge < -0.3 is 0 Å². The van der Waals surface area contributed by atoms with Gasteiger partial charge in [0, 0.05) is 44.9 Å². The molecule has 8 rings (SSSR count). The Morgan fingerprint density at radius 2 is 1.39 bits per heavy atom. The van der Waals surface area contributed by atoms with Crippen molar-refractivity contribution >= 4 is 51.3 Å². The Labute approximate surface area is 275 Å². The summed E-state index contributed by atoms with van der Waals surface area (Å²) < 4.78 is 3.97. The summed E-state index contributed by atoms with van der Waals surface area (Å²) in [5.74, 6) is -0.328. The Morgan fingerprint density at radius 1 is 0.783 bits per heavy atom. The molecule has 0 radical (unpaired) electrons. The molecule has 1 aliphatic carbocycles. The molecule has 0 saturated heterocycles. The number of Topliss-reactive ketones (excluding diaryl/α,β-unsaturated/α-hetero) is 1. The van der Waals surface area contributed by atoms with Crippen LogP contribution in [0.2, 0.25) is 10.0 Å². The van der Waals surface area contributed by atoms with Gasteiger partial charge in [0.05, 0.1) is 22.2 Å². The van der Waals surface area contributed by atoms with Crippen molar-refractivity contribution in [1.29, 1.82) is 0 Å². The number of aromatic nitrogens is 3. The summed E-state index contributed by atoms with van der Waals surface area (Å²) in [5.41, 5.74) is 7.41. The number of nitrogens with zero attached hydrogens (tertiary/aromatic N) is 3. The molecule has 0 spiro atoms. The van der Waals surface area contributed by atoms with Crippen LogP contribution in [-0.4, -0.2) is 25.7 Å². The number of carbonyl (C=O) groups excluding carboxylic acids is 2. The van der Waals surface area contributed by atoms with Crippen LogP contribution in [0.15, 0.2) is 115 Å². The Hall–Kier alpha value is -4.97. The van der Waals surface area contributed by atoms with E-state index in [2.05, 4.69) is 24.4 Å². The maximum Gasteiger partial charge on any atom is 0.194 e. The highest BCUT2D eigenvalue weighted by Gasteiger charge is 2.42. The Bertz CT molecular complexity index is 2340. The number of rotatable bonds is 5. The summed E-state index contributed by atoms with van der Waals surface area (Å²) in [6.45, 7) is 4.19. The normalized spacial score (nSPS) is 13.9. The van der Waals surface area contributed by atoms with Gasteiger partial charge in [0.15, 0.2) is 11.6 Å². The fourth-order valence-corrected chi connectivity index (χ4v) is 7.18. The van der Waals surface area contributed by atoms with Crippen LogP contribution in [0.25, 0.3) is 44.6 Å². The molecule has 0 fully saturated rings. The standard InChI is InChI=1S/C39H27Cl2N3O2/c1-39(2)21-30(45)31-32(37(46)25-15-19-27(41)20-16-25)33-35(24-9-5-3-6-10-24)42-44(28-11-7-4-8-12-28)38(33)43-22-29(34(39)36(31)43)23-13-17-26(40)18-14-23/h3-20,22H,21H2,1-2H3. The number of fused-ring (bicyclic) bond motifs is 2. The first-order valence-electron chi connectivity index (χ1n) is 15.1. The molecule has 46 heavy (non-hydrogen) atoms. The van der Waals surface area contributed by atoms with E-state index in [0.717, 1.165) is 33.5 Å². The van der Waals surface area contributed by atoms with Gasteiger partial charge in [-0.1, -0.05) is 97.7 Å². The van der Waals surface area contributed by atoms with Gasteiger partial charge in [0.2, 0.25) is 0 Å². The smallest absolute Gasteiger partial charge is 0.194 e. The van der Waals surface area contributed by atoms with Gasteiger partial charge in [-0.15, -0.1) is 0 Å². The lowest BCUT2D eigenvalue weighted by Crippen LogP contribution is -2.29. The number of ketones is 2. The molecule has 4 aromatic carbocycles. The number of halogens is 2. The molecule has 7 aromatic rings. The summed E-state index contributed by atoms with van der Waals surface area (Å²) >= 11 is 12.5. The van der Waals surface area contributed by atoms with Crippen LogP contribution < -0.4 is 0 Å². The molecule has 0 unspecified atom stereocenters. The largest absolute Gasteiger partial charge is 0.299 e. The number of hydrogen-bond donors (Lipinski definition) is 0. The van der Waals surface area contributed by atoms with Gasteiger partial charge in [-0.05, 0) is 65.1 Å². The van der Waals surface area contributed by atoms with E-state index in [0.29, 0.717) is 43.5 Å². The molecule has 7 heteroatoms. The van der Waals surface area contributed by atoms with E-state index in [1.807, 2.05) is 89.6 Å². The van der Waals surface area contributed by atoms with Gasteiger partial charge in [-0.25, -0.2) is 4.68 Å². The molecule has 5 nitrogen and oxygen atoms in total. The van der Waals surface area contributed by atoms with Crippen LogP contribution in [0.5, 0.6) is 0 Å². The Kier molecular flexibility index (Phi) is 6.54. The maximum atomic E-state index is 14.8. The minimum atomic E-state index is -0.512. The molecule has 0 aliphatic heterocycles. The molecule has 3 aromatic heterocycles. The molecule has 224 valence electrons. The summed E-state index contributed by atoms with van der Waals surface area (Å²) in [4.78, 5) is 29.3. The highest BCUT2D eigenvalue weighted by molar-refractivity contribution is 6.31. The Balaban J connectivity index is 1.62. The number of benzene rings is 4. The van der Waals surface area contributed by atoms with Crippen LogP contribution in [-0.2, 0) is 5.41 Å². The lowest BCUT2D eigenvalue weighted by atomic mass is 9.71. The highest BCUT2D eigenvalue weighted by Crippen LogP contribution is 2.49. The molecule has 0 bridgehead atoms. The second kappa shape index (κ2) is 10.5. The summed E-state index contributed by atoms with van der Waals surface area (Å²) in [7, 11) is 0. The molecule has 3 heterocycles. The molecule has 1 aliphatic rings. The van der Waals surface area contributed by atoms with Crippen molar-refractivity contribution in [2.75, 3.05) is 0 Å².